The summed E-state index contributed by atoms with van der Waals surface area (Å²) in [4.78, 5) is 2.37. The molecule has 0 spiro atoms. The molecule has 17 heavy (non-hydrogen) atoms. The molecule has 0 aromatic heterocycles. The average molecular weight is 244 g/mol. The third-order valence-electron chi connectivity index (χ3n) is 3.39. The van der Waals surface area contributed by atoms with Crippen LogP contribution in [0.4, 0.5) is 0 Å². The van der Waals surface area contributed by atoms with Crippen molar-refractivity contribution < 1.29 is 9.84 Å². The van der Waals surface area contributed by atoms with Crippen LogP contribution in [0.15, 0.2) is 0 Å². The lowest BCUT2D eigenvalue weighted by Crippen LogP contribution is -2.57. The van der Waals surface area contributed by atoms with Crippen LogP contribution in [0.3, 0.4) is 0 Å². The molecule has 4 nitrogen and oxygen atoms in total. The lowest BCUT2D eigenvalue weighted by atomic mass is 10.1. The first-order chi connectivity index (χ1) is 8.15. The van der Waals surface area contributed by atoms with Gasteiger partial charge in [0.25, 0.3) is 0 Å². The highest BCUT2D eigenvalue weighted by Gasteiger charge is 2.26. The SMILES string of the molecule is CCCCOCC(O)CN1C(C)CNCC1C. The Morgan fingerprint density at radius 1 is 1.35 bits per heavy atom. The van der Waals surface area contributed by atoms with E-state index in [-0.39, 0.29) is 6.10 Å². The van der Waals surface area contributed by atoms with E-state index < -0.39 is 0 Å². The van der Waals surface area contributed by atoms with E-state index in [1.807, 2.05) is 0 Å². The second-order valence-corrected chi connectivity index (χ2v) is 5.14. The first-order valence-corrected chi connectivity index (χ1v) is 6.87. The van der Waals surface area contributed by atoms with E-state index in [0.717, 1.165) is 39.1 Å². The molecule has 0 aliphatic carbocycles. The van der Waals surface area contributed by atoms with Crippen LogP contribution < -0.4 is 5.32 Å². The summed E-state index contributed by atoms with van der Waals surface area (Å²) >= 11 is 0. The van der Waals surface area contributed by atoms with Crippen molar-refractivity contribution >= 4 is 0 Å². The molecule has 0 saturated carbocycles. The lowest BCUT2D eigenvalue weighted by molar-refractivity contribution is -0.00593. The number of aliphatic hydroxyl groups is 1. The van der Waals surface area contributed by atoms with Crippen molar-refractivity contribution in [1.82, 2.24) is 10.2 Å². The summed E-state index contributed by atoms with van der Waals surface area (Å²) in [5.41, 5.74) is 0. The summed E-state index contributed by atoms with van der Waals surface area (Å²) in [6.07, 6.45) is 1.85. The van der Waals surface area contributed by atoms with Gasteiger partial charge in [0.2, 0.25) is 0 Å². The predicted molar refractivity (Wildman–Crippen MR) is 70.2 cm³/mol. The van der Waals surface area contributed by atoms with Crippen LogP contribution >= 0.6 is 0 Å². The number of unbranched alkanes of at least 4 members (excludes halogenated alkanes) is 1. The lowest BCUT2D eigenvalue weighted by Gasteiger charge is -2.40. The molecule has 1 aliphatic heterocycles. The number of nitrogens with zero attached hydrogens (tertiary/aromatic N) is 1. The topological polar surface area (TPSA) is 44.7 Å². The molecule has 0 aromatic rings. The van der Waals surface area contributed by atoms with Crippen LogP contribution in [0.2, 0.25) is 0 Å². The number of aliphatic hydroxyl groups excluding tert-OH is 1. The summed E-state index contributed by atoms with van der Waals surface area (Å²) < 4.78 is 5.46. The van der Waals surface area contributed by atoms with Crippen LogP contribution in [0, 0.1) is 0 Å². The van der Waals surface area contributed by atoms with Gasteiger partial charge in [0.1, 0.15) is 0 Å². The van der Waals surface area contributed by atoms with Gasteiger partial charge in [-0.25, -0.2) is 0 Å². The normalized spacial score (nSPS) is 28.2. The van der Waals surface area contributed by atoms with Crippen LogP contribution in [0.25, 0.3) is 0 Å². The van der Waals surface area contributed by atoms with Gasteiger partial charge in [0, 0.05) is 38.3 Å². The van der Waals surface area contributed by atoms with Crippen molar-refractivity contribution in [2.45, 2.75) is 51.8 Å². The zero-order chi connectivity index (χ0) is 12.7. The maximum Gasteiger partial charge on any atom is 0.0900 e. The summed E-state index contributed by atoms with van der Waals surface area (Å²) in [5, 5.41) is 13.3. The minimum atomic E-state index is -0.366. The van der Waals surface area contributed by atoms with E-state index in [1.165, 1.54) is 0 Å². The number of ether oxygens (including phenoxy) is 1. The highest BCUT2D eigenvalue weighted by molar-refractivity contribution is 4.83. The molecule has 1 aliphatic rings. The molecule has 0 radical (unpaired) electrons. The first-order valence-electron chi connectivity index (χ1n) is 6.87. The Kier molecular flexibility index (Phi) is 7.04. The summed E-state index contributed by atoms with van der Waals surface area (Å²) in [6, 6.07) is 0.980. The van der Waals surface area contributed by atoms with Crippen molar-refractivity contribution in [2.75, 3.05) is 32.8 Å². The van der Waals surface area contributed by atoms with Crippen LogP contribution in [-0.4, -0.2) is 61.0 Å². The Hall–Kier alpha value is -0.160. The van der Waals surface area contributed by atoms with E-state index in [4.69, 9.17) is 4.74 Å². The highest BCUT2D eigenvalue weighted by Crippen LogP contribution is 2.10. The van der Waals surface area contributed by atoms with Gasteiger partial charge >= 0.3 is 0 Å². The Bertz CT molecular complexity index is 192. The second kappa shape index (κ2) is 8.03. The Morgan fingerprint density at radius 3 is 2.59 bits per heavy atom. The van der Waals surface area contributed by atoms with Crippen molar-refractivity contribution in [2.24, 2.45) is 0 Å². The molecule has 0 bridgehead atoms. The second-order valence-electron chi connectivity index (χ2n) is 5.14. The third-order valence-corrected chi connectivity index (χ3v) is 3.39. The van der Waals surface area contributed by atoms with Crippen LogP contribution in [-0.2, 0) is 4.74 Å². The van der Waals surface area contributed by atoms with Gasteiger partial charge in [-0.3, -0.25) is 4.90 Å². The monoisotopic (exact) mass is 244 g/mol. The maximum absolute atomic E-state index is 9.95. The predicted octanol–water partition coefficient (Wildman–Crippen LogP) is 0.846. The summed E-state index contributed by atoms with van der Waals surface area (Å²) in [7, 11) is 0. The van der Waals surface area contributed by atoms with Gasteiger partial charge < -0.3 is 15.2 Å². The minimum absolute atomic E-state index is 0.366. The van der Waals surface area contributed by atoms with E-state index in [1.54, 1.807) is 0 Å². The van der Waals surface area contributed by atoms with Crippen molar-refractivity contribution in [1.29, 1.82) is 0 Å². The van der Waals surface area contributed by atoms with Crippen LogP contribution in [0.1, 0.15) is 33.6 Å². The van der Waals surface area contributed by atoms with Crippen molar-refractivity contribution in [3.63, 3.8) is 0 Å². The molecule has 1 fully saturated rings. The van der Waals surface area contributed by atoms with Crippen LogP contribution in [0.5, 0.6) is 0 Å². The smallest absolute Gasteiger partial charge is 0.0900 e. The molecule has 1 heterocycles. The molecule has 3 atom stereocenters. The quantitative estimate of drug-likeness (QED) is 0.652. The van der Waals surface area contributed by atoms with Gasteiger partial charge in [-0.05, 0) is 20.3 Å². The zero-order valence-electron chi connectivity index (χ0n) is 11.5. The molecule has 102 valence electrons. The van der Waals surface area contributed by atoms with Gasteiger partial charge in [-0.2, -0.15) is 0 Å². The standard InChI is InChI=1S/C13H28N2O2/c1-4-5-6-17-10-13(16)9-15-11(2)7-14-8-12(15)3/h11-14,16H,4-10H2,1-3H3. The number of rotatable bonds is 7. The first kappa shape index (κ1) is 14.9. The minimum Gasteiger partial charge on any atom is -0.389 e. The molecule has 1 rings (SSSR count). The number of hydrogen-bond acceptors (Lipinski definition) is 4. The molecule has 1 saturated heterocycles. The molecule has 3 unspecified atom stereocenters. The Labute approximate surface area is 105 Å². The van der Waals surface area contributed by atoms with Crippen molar-refractivity contribution in [3.05, 3.63) is 0 Å². The molecule has 0 amide bonds. The number of nitrogens with one attached hydrogen (secondary N) is 1. The summed E-state index contributed by atoms with van der Waals surface area (Å²) in [5.74, 6) is 0. The summed E-state index contributed by atoms with van der Waals surface area (Å²) in [6.45, 7) is 10.5. The highest BCUT2D eigenvalue weighted by atomic mass is 16.5. The Balaban J connectivity index is 2.21. The zero-order valence-corrected chi connectivity index (χ0v) is 11.5. The number of piperazine rings is 1. The van der Waals surface area contributed by atoms with E-state index >= 15 is 0 Å². The number of hydrogen-bond donors (Lipinski definition) is 2. The van der Waals surface area contributed by atoms with Gasteiger partial charge in [-0.1, -0.05) is 13.3 Å². The maximum atomic E-state index is 9.95. The number of β-amino-alcohol motifs (C(OH)–C–C–N with tert-alkyl or cyclic N) is 1. The van der Waals surface area contributed by atoms with Gasteiger partial charge in [-0.15, -0.1) is 0 Å². The molecule has 2 N–H and O–H groups in total. The fourth-order valence-corrected chi connectivity index (χ4v) is 2.29. The fraction of sp³-hybridized carbons (Fsp3) is 1.00. The third kappa shape index (κ3) is 5.34. The Morgan fingerprint density at radius 2 is 2.00 bits per heavy atom. The largest absolute Gasteiger partial charge is 0.389 e. The van der Waals surface area contributed by atoms with E-state index in [2.05, 4.69) is 31.0 Å². The van der Waals surface area contributed by atoms with Gasteiger partial charge in [0.15, 0.2) is 0 Å². The molecule has 0 aromatic carbocycles. The average Bonchev–Trinajstić information content (AvgIpc) is 2.30. The molecule has 4 heteroatoms. The van der Waals surface area contributed by atoms with E-state index in [9.17, 15) is 5.11 Å². The molecular formula is C13H28N2O2. The van der Waals surface area contributed by atoms with E-state index in [0.29, 0.717) is 18.7 Å². The fourth-order valence-electron chi connectivity index (χ4n) is 2.29. The molecular weight excluding hydrogens is 216 g/mol. The van der Waals surface area contributed by atoms with Gasteiger partial charge in [0.05, 0.1) is 12.7 Å². The van der Waals surface area contributed by atoms with Crippen molar-refractivity contribution in [3.8, 4) is 0 Å².